The molecule has 0 spiro atoms. The van der Waals surface area contributed by atoms with Crippen molar-refractivity contribution in [3.8, 4) is 5.75 Å². The van der Waals surface area contributed by atoms with Gasteiger partial charge in [-0.3, -0.25) is 4.79 Å². The highest BCUT2D eigenvalue weighted by atomic mass is 32.2. The molecule has 5 heteroatoms. The van der Waals surface area contributed by atoms with Crippen LogP contribution in [0.2, 0.25) is 0 Å². The van der Waals surface area contributed by atoms with E-state index in [1.807, 2.05) is 18.2 Å². The summed E-state index contributed by atoms with van der Waals surface area (Å²) in [6, 6.07) is 3.97. The standard InChI is InChI=1S/C21H29NO2S2/c1-12(2)25-19-22-18(24)16(26-19)11-13-9-14(20(3,4)5)17(23)15(10-13)21(6,7)8/h9-12,23H,1-8H3. The number of hydrogen-bond acceptors (Lipinski definition) is 4. The second-order valence-corrected chi connectivity index (χ2v) is 11.8. The molecule has 0 aromatic heterocycles. The number of aliphatic imine (C=N–C) groups is 1. The molecule has 1 aromatic rings. The maximum absolute atomic E-state index is 12.3. The van der Waals surface area contributed by atoms with Crippen LogP contribution in [-0.4, -0.2) is 20.6 Å². The Bertz CT molecular complexity index is 743. The fourth-order valence-corrected chi connectivity index (χ4v) is 4.90. The third-order valence-electron chi connectivity index (χ3n) is 3.98. The van der Waals surface area contributed by atoms with Crippen LogP contribution in [0.1, 0.15) is 72.1 Å². The smallest absolute Gasteiger partial charge is 0.285 e. The van der Waals surface area contributed by atoms with Gasteiger partial charge >= 0.3 is 0 Å². The maximum atomic E-state index is 12.3. The summed E-state index contributed by atoms with van der Waals surface area (Å²) in [6.45, 7) is 16.7. The van der Waals surface area contributed by atoms with Crippen molar-refractivity contribution in [3.05, 3.63) is 33.7 Å². The van der Waals surface area contributed by atoms with E-state index in [2.05, 4.69) is 60.4 Å². The molecule has 26 heavy (non-hydrogen) atoms. The Hall–Kier alpha value is -1.20. The van der Waals surface area contributed by atoms with Gasteiger partial charge in [-0.2, -0.15) is 4.99 Å². The number of amides is 1. The number of phenols is 1. The minimum Gasteiger partial charge on any atom is -0.507 e. The minimum absolute atomic E-state index is 0.180. The monoisotopic (exact) mass is 391 g/mol. The van der Waals surface area contributed by atoms with Gasteiger partial charge in [-0.25, -0.2) is 0 Å². The Balaban J connectivity index is 2.50. The van der Waals surface area contributed by atoms with E-state index in [1.54, 1.807) is 11.8 Å². The molecule has 0 unspecified atom stereocenters. The molecule has 0 atom stereocenters. The van der Waals surface area contributed by atoms with E-state index < -0.39 is 0 Å². The number of aromatic hydroxyl groups is 1. The summed E-state index contributed by atoms with van der Waals surface area (Å²) < 4.78 is 0.808. The van der Waals surface area contributed by atoms with Crippen LogP contribution < -0.4 is 0 Å². The summed E-state index contributed by atoms with van der Waals surface area (Å²) in [5.41, 5.74) is 2.33. The first-order valence-corrected chi connectivity index (χ1v) is 10.6. The van der Waals surface area contributed by atoms with Gasteiger partial charge in [0, 0.05) is 16.4 Å². The Morgan fingerprint density at radius 2 is 1.58 bits per heavy atom. The van der Waals surface area contributed by atoms with Crippen LogP contribution in [0.5, 0.6) is 5.75 Å². The molecule has 1 N–H and O–H groups in total. The van der Waals surface area contributed by atoms with Crippen molar-refractivity contribution in [2.24, 2.45) is 4.99 Å². The number of hydrogen-bond donors (Lipinski definition) is 1. The largest absolute Gasteiger partial charge is 0.507 e. The average molecular weight is 392 g/mol. The summed E-state index contributed by atoms with van der Waals surface area (Å²) in [4.78, 5) is 17.1. The van der Waals surface area contributed by atoms with Gasteiger partial charge in [0.1, 0.15) is 10.1 Å². The van der Waals surface area contributed by atoms with Crippen molar-refractivity contribution >= 4 is 39.9 Å². The predicted molar refractivity (Wildman–Crippen MR) is 116 cm³/mol. The van der Waals surface area contributed by atoms with E-state index in [0.29, 0.717) is 15.9 Å². The average Bonchev–Trinajstić information content (AvgIpc) is 2.77. The van der Waals surface area contributed by atoms with Crippen LogP contribution in [-0.2, 0) is 15.6 Å². The van der Waals surface area contributed by atoms with E-state index in [4.69, 9.17) is 0 Å². The lowest BCUT2D eigenvalue weighted by Gasteiger charge is -2.28. The van der Waals surface area contributed by atoms with Crippen molar-refractivity contribution in [2.45, 2.75) is 71.5 Å². The maximum Gasteiger partial charge on any atom is 0.285 e. The number of carbonyl (C=O) groups is 1. The number of benzene rings is 1. The molecule has 1 aromatic carbocycles. The van der Waals surface area contributed by atoms with Crippen molar-refractivity contribution in [1.82, 2.24) is 0 Å². The van der Waals surface area contributed by atoms with E-state index in [-0.39, 0.29) is 16.7 Å². The highest BCUT2D eigenvalue weighted by Crippen LogP contribution is 2.41. The first-order valence-electron chi connectivity index (χ1n) is 8.86. The zero-order chi connectivity index (χ0) is 19.9. The van der Waals surface area contributed by atoms with E-state index >= 15 is 0 Å². The molecule has 0 radical (unpaired) electrons. The lowest BCUT2D eigenvalue weighted by atomic mass is 9.78. The Morgan fingerprint density at radius 1 is 1.08 bits per heavy atom. The lowest BCUT2D eigenvalue weighted by molar-refractivity contribution is -0.113. The van der Waals surface area contributed by atoms with Gasteiger partial charge in [-0.1, -0.05) is 78.9 Å². The number of carbonyl (C=O) groups excluding carboxylic acids is 1. The molecule has 0 saturated heterocycles. The van der Waals surface area contributed by atoms with Gasteiger partial charge in [-0.05, 0) is 34.6 Å². The summed E-state index contributed by atoms with van der Waals surface area (Å²) in [5, 5.41) is 11.2. The number of rotatable bonds is 2. The van der Waals surface area contributed by atoms with Crippen LogP contribution in [0.4, 0.5) is 0 Å². The van der Waals surface area contributed by atoms with Gasteiger partial charge in [0.2, 0.25) is 0 Å². The first kappa shape index (κ1) is 21.1. The molecule has 1 amide bonds. The second-order valence-electron chi connectivity index (χ2n) is 8.92. The fraction of sp³-hybridized carbons (Fsp3) is 0.524. The first-order chi connectivity index (χ1) is 11.8. The molecule has 3 nitrogen and oxygen atoms in total. The molecule has 0 saturated carbocycles. The molecule has 142 valence electrons. The minimum atomic E-state index is -0.194. The molecule has 0 bridgehead atoms. The van der Waals surface area contributed by atoms with Crippen LogP contribution in [0.15, 0.2) is 22.0 Å². The molecule has 0 fully saturated rings. The zero-order valence-corrected chi connectivity index (χ0v) is 18.6. The SMILES string of the molecule is CC(C)SC1=NC(=O)C(=Cc2cc(C(C)(C)C)c(O)c(C(C)(C)C)c2)S1. The van der Waals surface area contributed by atoms with Gasteiger partial charge in [0.25, 0.3) is 5.91 Å². The van der Waals surface area contributed by atoms with Gasteiger partial charge in [0.15, 0.2) is 0 Å². The van der Waals surface area contributed by atoms with Gasteiger partial charge in [-0.15, -0.1) is 0 Å². The van der Waals surface area contributed by atoms with Crippen LogP contribution in [0, 0.1) is 0 Å². The highest BCUT2D eigenvalue weighted by Gasteiger charge is 2.27. The summed E-state index contributed by atoms with van der Waals surface area (Å²) in [5.74, 6) is 0.172. The molecule has 1 aliphatic rings. The topological polar surface area (TPSA) is 49.7 Å². The highest BCUT2D eigenvalue weighted by molar-refractivity contribution is 8.41. The zero-order valence-electron chi connectivity index (χ0n) is 16.9. The van der Waals surface area contributed by atoms with Crippen LogP contribution in [0.3, 0.4) is 0 Å². The Kier molecular flexibility index (Phi) is 6.03. The normalized spacial score (nSPS) is 17.3. The quantitative estimate of drug-likeness (QED) is 0.619. The Morgan fingerprint density at radius 3 is 2.00 bits per heavy atom. The van der Waals surface area contributed by atoms with Crippen molar-refractivity contribution in [1.29, 1.82) is 0 Å². The van der Waals surface area contributed by atoms with Crippen LogP contribution in [0.25, 0.3) is 6.08 Å². The van der Waals surface area contributed by atoms with Gasteiger partial charge in [0.05, 0.1) is 4.91 Å². The Labute approximate surface area is 165 Å². The predicted octanol–water partition coefficient (Wildman–Crippen LogP) is 6.10. The van der Waals surface area contributed by atoms with Crippen LogP contribution >= 0.6 is 23.5 Å². The molecule has 0 aliphatic carbocycles. The molecule has 2 rings (SSSR count). The lowest BCUT2D eigenvalue weighted by Crippen LogP contribution is -2.17. The third kappa shape index (κ3) is 4.95. The molecule has 1 heterocycles. The molecular weight excluding hydrogens is 362 g/mol. The van der Waals surface area contributed by atoms with Gasteiger partial charge < -0.3 is 5.11 Å². The van der Waals surface area contributed by atoms with Crippen molar-refractivity contribution in [3.63, 3.8) is 0 Å². The third-order valence-corrected chi connectivity index (χ3v) is 6.06. The second kappa shape index (κ2) is 7.43. The van der Waals surface area contributed by atoms with E-state index in [0.717, 1.165) is 21.1 Å². The molecule has 1 aliphatic heterocycles. The van der Waals surface area contributed by atoms with E-state index in [9.17, 15) is 9.90 Å². The number of thioether (sulfide) groups is 2. The van der Waals surface area contributed by atoms with E-state index in [1.165, 1.54) is 11.8 Å². The number of nitrogens with zero attached hydrogens (tertiary/aromatic N) is 1. The summed E-state index contributed by atoms with van der Waals surface area (Å²) in [6.07, 6.45) is 1.90. The molecular formula is C21H29NO2S2. The fourth-order valence-electron chi connectivity index (χ4n) is 2.68. The van der Waals surface area contributed by atoms with Crippen molar-refractivity contribution < 1.29 is 9.90 Å². The summed E-state index contributed by atoms with van der Waals surface area (Å²) >= 11 is 3.04. The summed E-state index contributed by atoms with van der Waals surface area (Å²) in [7, 11) is 0. The number of phenolic OH excluding ortho intramolecular Hbond substituents is 1. The van der Waals surface area contributed by atoms with Crippen molar-refractivity contribution in [2.75, 3.05) is 0 Å².